The number of carboxylic acid groups (broad SMARTS) is 1. The van der Waals surface area contributed by atoms with Crippen LogP contribution >= 0.6 is 0 Å². The van der Waals surface area contributed by atoms with Gasteiger partial charge in [-0.3, -0.25) is 9.59 Å². The molecule has 2 amide bonds. The number of likely N-dealkylation sites (tertiary alicyclic amines) is 1. The highest BCUT2D eigenvalue weighted by Gasteiger charge is 2.19. The van der Waals surface area contributed by atoms with Gasteiger partial charge in [-0.25, -0.2) is 9.78 Å². The molecule has 2 N–H and O–H groups in total. The number of hydrogen-bond acceptors (Lipinski definition) is 4. The average molecular weight is 353 g/mol. The number of carbonyl (C=O) groups is 3. The maximum Gasteiger partial charge on any atom is 0.354 e. The molecular weight excluding hydrogens is 334 g/mol. The summed E-state index contributed by atoms with van der Waals surface area (Å²) in [5.74, 6) is -1.41. The summed E-state index contributed by atoms with van der Waals surface area (Å²) in [7, 11) is 0. The van der Waals surface area contributed by atoms with Crippen LogP contribution in [0.2, 0.25) is 0 Å². The maximum absolute atomic E-state index is 12.1. The summed E-state index contributed by atoms with van der Waals surface area (Å²) in [5.41, 5.74) is 1.85. The minimum Gasteiger partial charge on any atom is -0.477 e. The summed E-state index contributed by atoms with van der Waals surface area (Å²) in [4.78, 5) is 40.3. The van der Waals surface area contributed by atoms with Gasteiger partial charge in [0.25, 0.3) is 5.91 Å². The number of pyridine rings is 1. The van der Waals surface area contributed by atoms with E-state index in [1.807, 2.05) is 29.2 Å². The van der Waals surface area contributed by atoms with Crippen molar-refractivity contribution in [2.45, 2.75) is 25.9 Å². The number of nitrogens with one attached hydrogen (secondary N) is 1. The molecule has 2 aromatic rings. The van der Waals surface area contributed by atoms with E-state index in [0.717, 1.165) is 24.1 Å². The first-order valence-electron chi connectivity index (χ1n) is 8.37. The predicted molar refractivity (Wildman–Crippen MR) is 93.5 cm³/mol. The van der Waals surface area contributed by atoms with Crippen molar-refractivity contribution >= 4 is 17.8 Å². The molecule has 1 aliphatic rings. The van der Waals surface area contributed by atoms with Gasteiger partial charge in [-0.1, -0.05) is 30.3 Å². The number of amides is 2. The quantitative estimate of drug-likeness (QED) is 0.825. The highest BCUT2D eigenvalue weighted by Crippen LogP contribution is 2.14. The normalized spacial score (nSPS) is 13.7. The Hall–Kier alpha value is -3.22. The lowest BCUT2D eigenvalue weighted by Crippen LogP contribution is -2.25. The average Bonchev–Trinajstić information content (AvgIpc) is 3.05. The van der Waals surface area contributed by atoms with E-state index in [0.29, 0.717) is 19.5 Å². The fourth-order valence-corrected chi connectivity index (χ4v) is 2.81. The van der Waals surface area contributed by atoms with Crippen LogP contribution in [0.4, 0.5) is 0 Å². The molecule has 1 saturated heterocycles. The molecule has 1 aromatic heterocycles. The predicted octanol–water partition coefficient (Wildman–Crippen LogP) is 1.83. The lowest BCUT2D eigenvalue weighted by Gasteiger charge is -2.15. The lowest BCUT2D eigenvalue weighted by molar-refractivity contribution is -0.128. The number of nitrogens with zero attached hydrogens (tertiary/aromatic N) is 2. The van der Waals surface area contributed by atoms with Crippen molar-refractivity contribution in [2.24, 2.45) is 0 Å². The zero-order chi connectivity index (χ0) is 18.5. The molecule has 0 atom stereocenters. The summed E-state index contributed by atoms with van der Waals surface area (Å²) in [5, 5.41) is 11.6. The van der Waals surface area contributed by atoms with E-state index >= 15 is 0 Å². The third-order valence-corrected chi connectivity index (χ3v) is 4.22. The van der Waals surface area contributed by atoms with Crippen LogP contribution in [0.1, 0.15) is 44.9 Å². The molecule has 0 bridgehead atoms. The minimum absolute atomic E-state index is 0.0639. The molecule has 1 aromatic carbocycles. The van der Waals surface area contributed by atoms with E-state index in [1.54, 1.807) is 0 Å². The van der Waals surface area contributed by atoms with Gasteiger partial charge in [-0.15, -0.1) is 0 Å². The van der Waals surface area contributed by atoms with Crippen LogP contribution in [0.25, 0.3) is 0 Å². The number of carboxylic acids is 1. The number of benzene rings is 1. The Bertz CT molecular complexity index is 833. The standard InChI is InChI=1S/C19H19N3O4/c23-17-5-2-10-22(17)12-14-8-6-13(7-9-14)11-20-18(24)15-3-1-4-16(21-15)19(25)26/h1,3-4,6-9H,2,5,10-12H2,(H,20,24)(H,25,26). The van der Waals surface area contributed by atoms with Crippen LogP contribution in [-0.2, 0) is 17.9 Å². The number of hydrogen-bond donors (Lipinski definition) is 2. The Morgan fingerprint density at radius 2 is 1.77 bits per heavy atom. The molecule has 0 unspecified atom stereocenters. The van der Waals surface area contributed by atoms with Crippen LogP contribution in [0.5, 0.6) is 0 Å². The zero-order valence-corrected chi connectivity index (χ0v) is 14.1. The summed E-state index contributed by atoms with van der Waals surface area (Å²) in [6.45, 7) is 1.72. The SMILES string of the molecule is O=C(O)c1cccc(C(=O)NCc2ccc(CN3CCCC3=O)cc2)n1. The van der Waals surface area contributed by atoms with Crippen LogP contribution in [0.15, 0.2) is 42.5 Å². The Morgan fingerprint density at radius 1 is 1.08 bits per heavy atom. The van der Waals surface area contributed by atoms with Crippen molar-refractivity contribution in [3.63, 3.8) is 0 Å². The van der Waals surface area contributed by atoms with Crippen molar-refractivity contribution < 1.29 is 19.5 Å². The molecule has 7 heteroatoms. The zero-order valence-electron chi connectivity index (χ0n) is 14.1. The fourth-order valence-electron chi connectivity index (χ4n) is 2.81. The van der Waals surface area contributed by atoms with Crippen LogP contribution in [0.3, 0.4) is 0 Å². The largest absolute Gasteiger partial charge is 0.477 e. The highest BCUT2D eigenvalue weighted by molar-refractivity contribution is 5.94. The molecule has 1 fully saturated rings. The minimum atomic E-state index is -1.17. The van der Waals surface area contributed by atoms with Gasteiger partial charge >= 0.3 is 5.97 Å². The van der Waals surface area contributed by atoms with Crippen molar-refractivity contribution in [2.75, 3.05) is 6.54 Å². The summed E-state index contributed by atoms with van der Waals surface area (Å²) in [6, 6.07) is 12.0. The van der Waals surface area contributed by atoms with Crippen molar-refractivity contribution in [1.29, 1.82) is 0 Å². The van der Waals surface area contributed by atoms with Gasteiger partial charge in [0.1, 0.15) is 11.4 Å². The Labute approximate surface area is 150 Å². The second kappa shape index (κ2) is 7.77. The highest BCUT2D eigenvalue weighted by atomic mass is 16.4. The topological polar surface area (TPSA) is 99.6 Å². The monoisotopic (exact) mass is 353 g/mol. The van der Waals surface area contributed by atoms with E-state index in [9.17, 15) is 14.4 Å². The fraction of sp³-hybridized carbons (Fsp3) is 0.263. The Balaban J connectivity index is 1.56. The third kappa shape index (κ3) is 4.24. The molecular formula is C19H19N3O4. The third-order valence-electron chi connectivity index (χ3n) is 4.22. The first-order chi connectivity index (χ1) is 12.5. The van der Waals surface area contributed by atoms with Gasteiger partial charge in [-0.05, 0) is 29.7 Å². The molecule has 0 spiro atoms. The van der Waals surface area contributed by atoms with E-state index in [-0.39, 0.29) is 17.3 Å². The number of aromatic carboxylic acids is 1. The molecule has 2 heterocycles. The first-order valence-corrected chi connectivity index (χ1v) is 8.37. The van der Waals surface area contributed by atoms with Crippen LogP contribution in [0, 0.1) is 0 Å². The molecule has 0 saturated carbocycles. The molecule has 7 nitrogen and oxygen atoms in total. The first kappa shape index (κ1) is 17.6. The summed E-state index contributed by atoms with van der Waals surface area (Å²) >= 11 is 0. The maximum atomic E-state index is 12.1. The molecule has 1 aliphatic heterocycles. The molecule has 0 radical (unpaired) electrons. The van der Waals surface area contributed by atoms with E-state index in [4.69, 9.17) is 5.11 Å². The second-order valence-electron chi connectivity index (χ2n) is 6.13. The Kier molecular flexibility index (Phi) is 5.26. The van der Waals surface area contributed by atoms with Crippen LogP contribution < -0.4 is 5.32 Å². The van der Waals surface area contributed by atoms with Gasteiger partial charge in [0.05, 0.1) is 0 Å². The van der Waals surface area contributed by atoms with Crippen LogP contribution in [-0.4, -0.2) is 39.3 Å². The van der Waals surface area contributed by atoms with Crippen molar-refractivity contribution in [3.8, 4) is 0 Å². The van der Waals surface area contributed by atoms with Gasteiger partial charge in [0.15, 0.2) is 0 Å². The van der Waals surface area contributed by atoms with Gasteiger partial charge in [0.2, 0.25) is 5.91 Å². The number of carbonyl (C=O) groups excluding carboxylic acids is 2. The molecule has 0 aliphatic carbocycles. The Morgan fingerprint density at radius 3 is 2.42 bits per heavy atom. The number of aromatic nitrogens is 1. The van der Waals surface area contributed by atoms with Crippen molar-refractivity contribution in [1.82, 2.24) is 15.2 Å². The van der Waals surface area contributed by atoms with Gasteiger partial charge in [-0.2, -0.15) is 0 Å². The van der Waals surface area contributed by atoms with Gasteiger partial charge < -0.3 is 15.3 Å². The van der Waals surface area contributed by atoms with E-state index < -0.39 is 11.9 Å². The molecule has 26 heavy (non-hydrogen) atoms. The van der Waals surface area contributed by atoms with E-state index in [1.165, 1.54) is 18.2 Å². The summed E-state index contributed by atoms with van der Waals surface area (Å²) < 4.78 is 0. The smallest absolute Gasteiger partial charge is 0.354 e. The lowest BCUT2D eigenvalue weighted by atomic mass is 10.1. The second-order valence-corrected chi connectivity index (χ2v) is 6.13. The molecule has 134 valence electrons. The summed E-state index contributed by atoms with van der Waals surface area (Å²) in [6.07, 6.45) is 1.54. The van der Waals surface area contributed by atoms with Crippen molar-refractivity contribution in [3.05, 3.63) is 65.0 Å². The molecule has 3 rings (SSSR count). The number of rotatable bonds is 6. The van der Waals surface area contributed by atoms with E-state index in [2.05, 4.69) is 10.3 Å². The van der Waals surface area contributed by atoms with Gasteiger partial charge in [0, 0.05) is 26.1 Å².